The zero-order valence-corrected chi connectivity index (χ0v) is 21.6. The van der Waals surface area contributed by atoms with Crippen LogP contribution in [0.2, 0.25) is 5.02 Å². The van der Waals surface area contributed by atoms with Gasteiger partial charge in [-0.25, -0.2) is 4.98 Å². The van der Waals surface area contributed by atoms with E-state index in [0.29, 0.717) is 16.3 Å². The van der Waals surface area contributed by atoms with Gasteiger partial charge in [-0.2, -0.15) is 0 Å². The van der Waals surface area contributed by atoms with Crippen molar-refractivity contribution < 1.29 is 9.59 Å². The van der Waals surface area contributed by atoms with Crippen molar-refractivity contribution in [2.24, 2.45) is 0 Å². The molecule has 2 amide bonds. The van der Waals surface area contributed by atoms with Gasteiger partial charge >= 0.3 is 0 Å². The van der Waals surface area contributed by atoms with Crippen LogP contribution in [-0.2, 0) is 4.79 Å². The van der Waals surface area contributed by atoms with E-state index < -0.39 is 0 Å². The van der Waals surface area contributed by atoms with Gasteiger partial charge in [0.25, 0.3) is 5.91 Å². The molecule has 0 aliphatic carbocycles. The minimum atomic E-state index is -0.319. The number of aryl methyl sites for hydroxylation is 3. The van der Waals surface area contributed by atoms with Crippen molar-refractivity contribution in [3.63, 3.8) is 0 Å². The Morgan fingerprint density at radius 3 is 2.41 bits per heavy atom. The number of benzene rings is 3. The maximum atomic E-state index is 12.8. The van der Waals surface area contributed by atoms with Crippen LogP contribution in [0.3, 0.4) is 0 Å². The maximum absolute atomic E-state index is 12.8. The largest absolute Gasteiger partial charge is 0.325 e. The smallest absolute Gasteiger partial charge is 0.257 e. The molecule has 3 aromatic carbocycles. The van der Waals surface area contributed by atoms with Crippen molar-refractivity contribution >= 4 is 68.1 Å². The second-order valence-electron chi connectivity index (χ2n) is 8.12. The highest BCUT2D eigenvalue weighted by molar-refractivity contribution is 8.02. The number of amides is 2. The van der Waals surface area contributed by atoms with Crippen molar-refractivity contribution in [2.75, 3.05) is 10.6 Å². The SMILES string of the molecule is Cc1cc(C)c(NC(=O)[C@H](C)Sc2nc3ccc(NC(=O)c4ccccc4Cl)cc3s2)c(C)c1. The van der Waals surface area contributed by atoms with Crippen LogP contribution < -0.4 is 10.6 Å². The fourth-order valence-electron chi connectivity index (χ4n) is 3.68. The monoisotopic (exact) mass is 509 g/mol. The number of anilines is 2. The van der Waals surface area contributed by atoms with Crippen LogP contribution in [0.4, 0.5) is 11.4 Å². The molecule has 174 valence electrons. The lowest BCUT2D eigenvalue weighted by atomic mass is 10.1. The molecule has 2 N–H and O–H groups in total. The Bertz CT molecular complexity index is 1380. The first-order chi connectivity index (χ1) is 16.2. The number of aromatic nitrogens is 1. The van der Waals surface area contributed by atoms with E-state index in [2.05, 4.69) is 27.8 Å². The molecule has 8 heteroatoms. The van der Waals surface area contributed by atoms with Crippen LogP contribution in [0, 0.1) is 20.8 Å². The number of thioether (sulfide) groups is 1. The van der Waals surface area contributed by atoms with Crippen molar-refractivity contribution in [1.29, 1.82) is 0 Å². The van der Waals surface area contributed by atoms with Crippen molar-refractivity contribution in [3.8, 4) is 0 Å². The predicted octanol–water partition coefficient (Wildman–Crippen LogP) is 7.25. The number of hydrogen-bond donors (Lipinski definition) is 2. The molecule has 1 heterocycles. The number of halogens is 1. The lowest BCUT2D eigenvalue weighted by Crippen LogP contribution is -2.23. The second kappa shape index (κ2) is 10.2. The number of thiazole rings is 1. The summed E-state index contributed by atoms with van der Waals surface area (Å²) in [5.74, 6) is -0.331. The Kier molecular flexibility index (Phi) is 7.26. The molecule has 0 spiro atoms. The minimum Gasteiger partial charge on any atom is -0.325 e. The molecule has 5 nitrogen and oxygen atoms in total. The molecular weight excluding hydrogens is 486 g/mol. The van der Waals surface area contributed by atoms with Gasteiger partial charge in [-0.1, -0.05) is 53.2 Å². The molecule has 0 saturated carbocycles. The first kappa shape index (κ1) is 24.3. The number of carbonyl (C=O) groups excluding carboxylic acids is 2. The Labute approximate surface area is 211 Å². The standard InChI is InChI=1S/C26H24ClN3O2S2/c1-14-11-15(2)23(16(3)12-14)30-24(31)17(4)33-26-29-21-10-9-18(13-22(21)34-26)28-25(32)19-7-5-6-8-20(19)27/h5-13,17H,1-4H3,(H,28,32)(H,30,31)/t17-/m0/s1. The molecule has 0 saturated heterocycles. The van der Waals surface area contributed by atoms with Gasteiger partial charge in [0, 0.05) is 11.4 Å². The number of fused-ring (bicyclic) bond motifs is 1. The number of hydrogen-bond acceptors (Lipinski definition) is 5. The summed E-state index contributed by atoms with van der Waals surface area (Å²) in [5.41, 5.74) is 6.04. The summed E-state index contributed by atoms with van der Waals surface area (Å²) in [6.07, 6.45) is 0. The Hall–Kier alpha value is -2.87. The number of nitrogens with one attached hydrogen (secondary N) is 2. The van der Waals surface area contributed by atoms with Crippen LogP contribution >= 0.6 is 34.7 Å². The molecule has 0 bridgehead atoms. The van der Waals surface area contributed by atoms with Crippen molar-refractivity contribution in [3.05, 3.63) is 81.9 Å². The summed E-state index contributed by atoms with van der Waals surface area (Å²) < 4.78 is 1.72. The van der Waals surface area contributed by atoms with Crippen LogP contribution in [0.25, 0.3) is 10.2 Å². The lowest BCUT2D eigenvalue weighted by Gasteiger charge is -2.15. The molecule has 1 atom stereocenters. The lowest BCUT2D eigenvalue weighted by molar-refractivity contribution is -0.115. The van der Waals surface area contributed by atoms with Gasteiger partial charge in [0.15, 0.2) is 4.34 Å². The third kappa shape index (κ3) is 5.43. The first-order valence-corrected chi connectivity index (χ1v) is 12.8. The van der Waals surface area contributed by atoms with Gasteiger partial charge in [0.2, 0.25) is 5.91 Å². The molecule has 4 aromatic rings. The quantitative estimate of drug-likeness (QED) is 0.268. The van der Waals surface area contributed by atoms with Crippen LogP contribution in [0.15, 0.2) is 58.9 Å². The third-order valence-corrected chi connectivity index (χ3v) is 7.86. The van der Waals surface area contributed by atoms with E-state index in [1.165, 1.54) is 28.7 Å². The second-order valence-corrected chi connectivity index (χ2v) is 11.1. The summed E-state index contributed by atoms with van der Waals surface area (Å²) in [4.78, 5) is 30.1. The summed E-state index contributed by atoms with van der Waals surface area (Å²) in [5, 5.41) is 6.04. The summed E-state index contributed by atoms with van der Waals surface area (Å²) in [7, 11) is 0. The predicted molar refractivity (Wildman–Crippen MR) is 144 cm³/mol. The van der Waals surface area contributed by atoms with Crippen LogP contribution in [-0.4, -0.2) is 22.0 Å². The topological polar surface area (TPSA) is 71.1 Å². The average Bonchev–Trinajstić information content (AvgIpc) is 3.17. The molecule has 0 radical (unpaired) electrons. The van der Waals surface area contributed by atoms with E-state index in [1.54, 1.807) is 24.3 Å². The molecule has 0 aliphatic heterocycles. The van der Waals surface area contributed by atoms with E-state index in [1.807, 2.05) is 45.9 Å². The minimum absolute atomic E-state index is 0.0630. The van der Waals surface area contributed by atoms with E-state index in [9.17, 15) is 9.59 Å². The number of nitrogens with zero attached hydrogens (tertiary/aromatic N) is 1. The zero-order chi connectivity index (χ0) is 24.4. The van der Waals surface area contributed by atoms with E-state index in [4.69, 9.17) is 11.6 Å². The maximum Gasteiger partial charge on any atom is 0.257 e. The highest BCUT2D eigenvalue weighted by Gasteiger charge is 2.19. The molecule has 4 rings (SSSR count). The van der Waals surface area contributed by atoms with Crippen molar-refractivity contribution in [1.82, 2.24) is 4.98 Å². The van der Waals surface area contributed by atoms with Gasteiger partial charge in [-0.3, -0.25) is 9.59 Å². The molecule has 34 heavy (non-hydrogen) atoms. The molecule has 0 aliphatic rings. The van der Waals surface area contributed by atoms with Gasteiger partial charge in [-0.05, 0) is 69.2 Å². The van der Waals surface area contributed by atoms with Gasteiger partial charge in [-0.15, -0.1) is 11.3 Å². The Morgan fingerprint density at radius 1 is 1.00 bits per heavy atom. The van der Waals surface area contributed by atoms with E-state index >= 15 is 0 Å². The third-order valence-electron chi connectivity index (χ3n) is 5.32. The van der Waals surface area contributed by atoms with Gasteiger partial charge in [0.05, 0.1) is 26.1 Å². The zero-order valence-electron chi connectivity index (χ0n) is 19.2. The fraction of sp³-hybridized carbons (Fsp3) is 0.192. The van der Waals surface area contributed by atoms with E-state index in [-0.39, 0.29) is 17.1 Å². The average molecular weight is 510 g/mol. The Balaban J connectivity index is 1.45. The van der Waals surface area contributed by atoms with Crippen LogP contribution in [0.1, 0.15) is 34.0 Å². The molecule has 1 aromatic heterocycles. The normalized spacial score (nSPS) is 11.9. The highest BCUT2D eigenvalue weighted by Crippen LogP contribution is 2.34. The Morgan fingerprint density at radius 2 is 1.71 bits per heavy atom. The molecular formula is C26H24ClN3O2S2. The van der Waals surface area contributed by atoms with Gasteiger partial charge in [0.1, 0.15) is 0 Å². The highest BCUT2D eigenvalue weighted by atomic mass is 35.5. The van der Waals surface area contributed by atoms with Crippen LogP contribution in [0.5, 0.6) is 0 Å². The summed E-state index contributed by atoms with van der Waals surface area (Å²) in [6.45, 7) is 7.93. The first-order valence-electron chi connectivity index (χ1n) is 10.7. The van der Waals surface area contributed by atoms with Gasteiger partial charge < -0.3 is 10.6 Å². The number of rotatable bonds is 6. The number of carbonyl (C=O) groups is 2. The molecule has 0 fully saturated rings. The van der Waals surface area contributed by atoms with E-state index in [0.717, 1.165) is 31.4 Å². The molecule has 0 unspecified atom stereocenters. The summed E-state index contributed by atoms with van der Waals surface area (Å²) >= 11 is 9.04. The summed E-state index contributed by atoms with van der Waals surface area (Å²) in [6, 6.07) is 16.6. The fourth-order valence-corrected chi connectivity index (χ4v) is 6.15. The van der Waals surface area contributed by atoms with Crippen molar-refractivity contribution in [2.45, 2.75) is 37.3 Å².